The Balaban J connectivity index is 1.53. The van der Waals surface area contributed by atoms with E-state index in [1.807, 2.05) is 6.92 Å². The quantitative estimate of drug-likeness (QED) is 0.445. The van der Waals surface area contributed by atoms with Crippen LogP contribution < -0.4 is 5.32 Å². The summed E-state index contributed by atoms with van der Waals surface area (Å²) in [4.78, 5) is 19.5. The van der Waals surface area contributed by atoms with Crippen molar-refractivity contribution in [2.24, 2.45) is 5.92 Å². The number of sulfonamides is 1. The van der Waals surface area contributed by atoms with Gasteiger partial charge in [0, 0.05) is 11.6 Å². The number of benzene rings is 1. The summed E-state index contributed by atoms with van der Waals surface area (Å²) >= 11 is 0.275. The Bertz CT molecular complexity index is 1410. The van der Waals surface area contributed by atoms with E-state index >= 15 is 0 Å². The number of hydrogen-bond acceptors (Lipinski definition) is 6. The lowest BCUT2D eigenvalue weighted by atomic mass is 10.0. The molecule has 4 rings (SSSR count). The topological polar surface area (TPSA) is 92.3 Å². The molecule has 1 aliphatic heterocycles. The molecule has 1 saturated heterocycles. The smallest absolute Gasteiger partial charge is 0.349 e. The van der Waals surface area contributed by atoms with Crippen LogP contribution in [0.15, 0.2) is 47.6 Å². The van der Waals surface area contributed by atoms with E-state index in [9.17, 15) is 35.2 Å². The first-order valence-corrected chi connectivity index (χ1v) is 13.3. The van der Waals surface area contributed by atoms with Gasteiger partial charge in [0.05, 0.1) is 29.5 Å². The van der Waals surface area contributed by atoms with Crippen molar-refractivity contribution < 1.29 is 35.2 Å². The van der Waals surface area contributed by atoms with Crippen molar-refractivity contribution in [2.45, 2.75) is 50.0 Å². The maximum Gasteiger partial charge on any atom is 0.427 e. The maximum atomic E-state index is 14.3. The fourth-order valence-corrected chi connectivity index (χ4v) is 6.78. The summed E-state index contributed by atoms with van der Waals surface area (Å²) < 4.78 is 94.0. The van der Waals surface area contributed by atoms with Gasteiger partial charge in [-0.3, -0.25) is 9.78 Å². The van der Waals surface area contributed by atoms with Gasteiger partial charge in [-0.15, -0.1) is 11.3 Å². The van der Waals surface area contributed by atoms with Gasteiger partial charge in [0.15, 0.2) is 5.82 Å². The Labute approximate surface area is 213 Å². The molecule has 7 nitrogen and oxygen atoms in total. The largest absolute Gasteiger partial charge is 0.427 e. The van der Waals surface area contributed by atoms with Crippen molar-refractivity contribution in [2.75, 3.05) is 0 Å². The van der Waals surface area contributed by atoms with Crippen LogP contribution in [0.4, 0.5) is 22.0 Å². The molecule has 198 valence electrons. The van der Waals surface area contributed by atoms with E-state index in [4.69, 9.17) is 0 Å². The first-order chi connectivity index (χ1) is 17.3. The van der Waals surface area contributed by atoms with Gasteiger partial charge in [-0.1, -0.05) is 6.92 Å². The number of alkyl halides is 3. The Morgan fingerprint density at radius 2 is 1.81 bits per heavy atom. The van der Waals surface area contributed by atoms with Crippen molar-refractivity contribution in [1.29, 1.82) is 0 Å². The molecule has 1 fully saturated rings. The lowest BCUT2D eigenvalue weighted by Gasteiger charge is -2.27. The van der Waals surface area contributed by atoms with Crippen LogP contribution in [-0.4, -0.2) is 40.7 Å². The number of nitrogens with one attached hydrogen (secondary N) is 1. The van der Waals surface area contributed by atoms with Crippen molar-refractivity contribution in [3.63, 3.8) is 0 Å². The monoisotopic (exact) mass is 560 g/mol. The van der Waals surface area contributed by atoms with Gasteiger partial charge in [0.2, 0.25) is 15.9 Å². The Hall–Kier alpha value is -2.97. The third kappa shape index (κ3) is 5.50. The molecule has 0 radical (unpaired) electrons. The molecule has 1 N–H and O–H groups in total. The fourth-order valence-electron chi connectivity index (χ4n) is 4.09. The van der Waals surface area contributed by atoms with Crippen molar-refractivity contribution in [3.8, 4) is 10.6 Å². The molecule has 3 aromatic rings. The van der Waals surface area contributed by atoms with Crippen LogP contribution >= 0.6 is 11.3 Å². The highest BCUT2D eigenvalue weighted by molar-refractivity contribution is 7.89. The van der Waals surface area contributed by atoms with Crippen LogP contribution in [0.25, 0.3) is 10.6 Å². The number of nitrogens with zero attached hydrogens (tertiary/aromatic N) is 3. The van der Waals surface area contributed by atoms with Crippen LogP contribution in [0.1, 0.15) is 30.8 Å². The molecule has 1 amide bonds. The second-order valence-corrected chi connectivity index (χ2v) is 11.5. The third-order valence-corrected chi connectivity index (χ3v) is 9.28. The lowest BCUT2D eigenvalue weighted by Crippen LogP contribution is -2.48. The number of aromatic nitrogens is 2. The molecule has 1 aliphatic rings. The summed E-state index contributed by atoms with van der Waals surface area (Å²) in [6.07, 6.45) is -2.96. The first-order valence-electron chi connectivity index (χ1n) is 11.0. The highest BCUT2D eigenvalue weighted by Gasteiger charge is 2.47. The summed E-state index contributed by atoms with van der Waals surface area (Å²) in [7, 11) is -4.13. The summed E-state index contributed by atoms with van der Waals surface area (Å²) in [5, 5.41) is 2.39. The van der Waals surface area contributed by atoms with Gasteiger partial charge in [-0.2, -0.15) is 17.5 Å². The Kier molecular flexibility index (Phi) is 7.36. The highest BCUT2D eigenvalue weighted by atomic mass is 32.2. The molecule has 14 heteroatoms. The van der Waals surface area contributed by atoms with E-state index in [0.717, 1.165) is 34.8 Å². The minimum absolute atomic E-state index is 0.139. The molecule has 3 heterocycles. The third-order valence-electron chi connectivity index (χ3n) is 6.19. The SMILES string of the molecule is C[C@@H]1C[C@@H](C(=O)NCc2cc(-c3ncc(C(F)(F)F)s3)c(F)cn2)N(S(=O)(=O)c2ccc(F)cc2)[C@H]1C. The predicted octanol–water partition coefficient (Wildman–Crippen LogP) is 4.61. The van der Waals surface area contributed by atoms with Crippen LogP contribution in [0.2, 0.25) is 0 Å². The molecular formula is C23H21F5N4O3S2. The van der Waals surface area contributed by atoms with E-state index in [2.05, 4.69) is 15.3 Å². The van der Waals surface area contributed by atoms with Crippen molar-refractivity contribution >= 4 is 27.3 Å². The van der Waals surface area contributed by atoms with E-state index in [-0.39, 0.29) is 51.4 Å². The van der Waals surface area contributed by atoms with Gasteiger partial charge < -0.3 is 5.32 Å². The summed E-state index contributed by atoms with van der Waals surface area (Å²) in [5.41, 5.74) is -0.0658. The number of pyridine rings is 1. The molecule has 0 unspecified atom stereocenters. The van der Waals surface area contributed by atoms with E-state index in [1.54, 1.807) is 6.92 Å². The molecule has 0 spiro atoms. The molecule has 0 bridgehead atoms. The van der Waals surface area contributed by atoms with Crippen LogP contribution in [0.3, 0.4) is 0 Å². The van der Waals surface area contributed by atoms with E-state index < -0.39 is 50.7 Å². The molecule has 2 aromatic heterocycles. The van der Waals surface area contributed by atoms with Gasteiger partial charge in [-0.05, 0) is 49.6 Å². The Morgan fingerprint density at radius 3 is 2.43 bits per heavy atom. The average molecular weight is 561 g/mol. The van der Waals surface area contributed by atoms with Gasteiger partial charge in [-0.25, -0.2) is 22.2 Å². The Morgan fingerprint density at radius 1 is 1.14 bits per heavy atom. The number of halogens is 5. The number of carbonyl (C=O) groups is 1. The predicted molar refractivity (Wildman–Crippen MR) is 125 cm³/mol. The van der Waals surface area contributed by atoms with Crippen molar-refractivity contribution in [3.05, 3.63) is 64.9 Å². The standard InChI is InChI=1S/C23H21F5N4O3S2/c1-12-7-19(32(13(12)2)37(34,35)16-5-3-14(24)4-6-16)21(33)30-9-15-8-17(18(25)10-29-15)22-31-11-20(36-22)23(26,27)28/h3-6,8,10-13,19H,7,9H2,1-2H3,(H,30,33)/t12-,13+,19+/m1/s1. The summed E-state index contributed by atoms with van der Waals surface area (Å²) in [6.45, 7) is 3.26. The molecule has 0 aliphatic carbocycles. The summed E-state index contributed by atoms with van der Waals surface area (Å²) in [5.74, 6) is -2.26. The number of hydrogen-bond donors (Lipinski definition) is 1. The van der Waals surface area contributed by atoms with E-state index in [0.29, 0.717) is 6.20 Å². The second-order valence-electron chi connectivity index (χ2n) is 8.66. The number of thiazole rings is 1. The highest BCUT2D eigenvalue weighted by Crippen LogP contribution is 2.38. The zero-order chi connectivity index (χ0) is 27.1. The number of carbonyl (C=O) groups excluding carboxylic acids is 1. The van der Waals surface area contributed by atoms with Gasteiger partial charge >= 0.3 is 6.18 Å². The maximum absolute atomic E-state index is 14.3. The van der Waals surface area contributed by atoms with Crippen molar-refractivity contribution in [1.82, 2.24) is 19.6 Å². The average Bonchev–Trinajstić information content (AvgIpc) is 3.44. The lowest BCUT2D eigenvalue weighted by molar-refractivity contribution is -0.134. The van der Waals surface area contributed by atoms with Gasteiger partial charge in [0.25, 0.3) is 0 Å². The molecule has 37 heavy (non-hydrogen) atoms. The fraction of sp³-hybridized carbons (Fsp3) is 0.348. The number of amides is 1. The van der Waals surface area contributed by atoms with Crippen LogP contribution in [0, 0.1) is 17.6 Å². The molecular weight excluding hydrogens is 539 g/mol. The zero-order valence-electron chi connectivity index (χ0n) is 19.5. The minimum atomic E-state index is -4.62. The first kappa shape index (κ1) is 27.1. The van der Waals surface area contributed by atoms with Gasteiger partial charge in [0.1, 0.15) is 21.7 Å². The molecule has 3 atom stereocenters. The summed E-state index contributed by atoms with van der Waals surface area (Å²) in [6, 6.07) is 3.89. The normalized spacial score (nSPS) is 20.8. The second kappa shape index (κ2) is 10.1. The minimum Gasteiger partial charge on any atom is -0.349 e. The zero-order valence-corrected chi connectivity index (χ0v) is 21.1. The van der Waals surface area contributed by atoms with Crippen LogP contribution in [-0.2, 0) is 27.5 Å². The van der Waals surface area contributed by atoms with Crippen LogP contribution in [0.5, 0.6) is 0 Å². The van der Waals surface area contributed by atoms with E-state index in [1.165, 1.54) is 6.07 Å². The number of rotatable bonds is 6. The molecule has 1 aromatic carbocycles. The molecule has 0 saturated carbocycles.